The largest absolute Gasteiger partial charge is 0.858 e. The van der Waals surface area contributed by atoms with Gasteiger partial charge in [0.05, 0.1) is 48.8 Å². The summed E-state index contributed by atoms with van der Waals surface area (Å²) in [5, 5.41) is 34.2. The number of aryl methyl sites for hydroxylation is 1. The van der Waals surface area contributed by atoms with E-state index in [-0.39, 0.29) is 6.61 Å². The van der Waals surface area contributed by atoms with Gasteiger partial charge in [0.25, 0.3) is 0 Å². The van der Waals surface area contributed by atoms with Gasteiger partial charge in [-0.1, -0.05) is 12.2 Å². The van der Waals surface area contributed by atoms with Crippen molar-refractivity contribution < 1.29 is 20.1 Å². The van der Waals surface area contributed by atoms with E-state index in [0.29, 0.717) is 35.9 Å². The van der Waals surface area contributed by atoms with Crippen molar-refractivity contribution in [3.05, 3.63) is 45.7 Å². The highest BCUT2D eigenvalue weighted by Crippen LogP contribution is 2.23. The third-order valence-electron chi connectivity index (χ3n) is 5.14. The Morgan fingerprint density at radius 3 is 2.62 bits per heavy atom. The Kier molecular flexibility index (Phi) is 9.16. The van der Waals surface area contributed by atoms with Gasteiger partial charge in [0, 0.05) is 29.9 Å². The van der Waals surface area contributed by atoms with Crippen LogP contribution in [0.3, 0.4) is 0 Å². The van der Waals surface area contributed by atoms with Gasteiger partial charge in [0.2, 0.25) is 5.88 Å². The Morgan fingerprint density at radius 2 is 2.06 bits per heavy atom. The number of ether oxygens (including phenoxy) is 1. The molecule has 0 aromatic carbocycles. The van der Waals surface area contributed by atoms with Gasteiger partial charge in [0.15, 0.2) is 0 Å². The van der Waals surface area contributed by atoms with Crippen molar-refractivity contribution >= 4 is 23.7 Å². The molecular formula is C24H33N4O4-. The number of likely N-dealkylation sites (N-methyl/N-ethyl adjacent to an activating group) is 1. The first-order chi connectivity index (χ1) is 15.2. The van der Waals surface area contributed by atoms with Crippen LogP contribution in [0, 0.1) is 6.92 Å². The molecule has 0 radical (unpaired) electrons. The van der Waals surface area contributed by atoms with Gasteiger partial charge in [-0.3, -0.25) is 9.98 Å². The van der Waals surface area contributed by atoms with E-state index in [9.17, 15) is 15.3 Å². The number of aliphatic imine (C=N–C) groups is 1. The summed E-state index contributed by atoms with van der Waals surface area (Å²) in [5.74, 6) is 0.120. The van der Waals surface area contributed by atoms with Crippen molar-refractivity contribution in [3.8, 4) is 5.88 Å². The molecule has 0 saturated heterocycles. The van der Waals surface area contributed by atoms with Crippen LogP contribution in [0.15, 0.2) is 23.3 Å². The summed E-state index contributed by atoms with van der Waals surface area (Å²) in [7, 11) is 1.57. The molecule has 2 unspecified atom stereocenters. The van der Waals surface area contributed by atoms with Crippen LogP contribution in [0.25, 0.3) is 12.2 Å². The SMILES string of the molecule is C/C=c1/nc(OC)cc(C)/c1=C/C(C)N=C([O-])c1cc(C(C)O)ncc1N(CC)CCO. The van der Waals surface area contributed by atoms with Gasteiger partial charge in [-0.2, -0.15) is 0 Å². The molecule has 0 fully saturated rings. The van der Waals surface area contributed by atoms with Gasteiger partial charge in [-0.25, -0.2) is 4.98 Å². The predicted molar refractivity (Wildman–Crippen MR) is 125 cm³/mol. The Balaban J connectivity index is 2.57. The molecule has 8 heteroatoms. The number of aliphatic hydroxyl groups excluding tert-OH is 2. The fourth-order valence-corrected chi connectivity index (χ4v) is 3.44. The Bertz CT molecular complexity index is 1070. The first-order valence-corrected chi connectivity index (χ1v) is 10.7. The normalized spacial score (nSPS) is 15.1. The number of hydrogen-bond acceptors (Lipinski definition) is 8. The third kappa shape index (κ3) is 6.05. The molecular weight excluding hydrogens is 408 g/mol. The Hall–Kier alpha value is -2.97. The Morgan fingerprint density at radius 1 is 1.34 bits per heavy atom. The zero-order valence-electron chi connectivity index (χ0n) is 19.7. The maximum atomic E-state index is 13.2. The fraction of sp³-hybridized carbons (Fsp3) is 0.458. The summed E-state index contributed by atoms with van der Waals surface area (Å²) in [6.45, 7) is 10.1. The van der Waals surface area contributed by atoms with E-state index in [0.717, 1.165) is 16.1 Å². The summed E-state index contributed by atoms with van der Waals surface area (Å²) < 4.78 is 5.25. The van der Waals surface area contributed by atoms with Crippen LogP contribution >= 0.6 is 0 Å². The van der Waals surface area contributed by atoms with Crippen molar-refractivity contribution in [2.45, 2.75) is 46.8 Å². The van der Waals surface area contributed by atoms with Gasteiger partial charge >= 0.3 is 0 Å². The molecule has 0 bridgehead atoms. The van der Waals surface area contributed by atoms with Crippen LogP contribution in [-0.2, 0) is 0 Å². The molecule has 0 spiro atoms. The maximum Gasteiger partial charge on any atom is 0.213 e. The summed E-state index contributed by atoms with van der Waals surface area (Å²) >= 11 is 0. The van der Waals surface area contributed by atoms with E-state index in [1.165, 1.54) is 0 Å². The number of aliphatic hydroxyl groups is 2. The van der Waals surface area contributed by atoms with Crippen molar-refractivity contribution in [1.82, 2.24) is 9.97 Å². The Labute approximate surface area is 189 Å². The summed E-state index contributed by atoms with van der Waals surface area (Å²) in [4.78, 5) is 15.0. The number of hydrogen-bond donors (Lipinski definition) is 2. The minimum absolute atomic E-state index is 0.0546. The first kappa shape index (κ1) is 25.3. The van der Waals surface area contributed by atoms with Gasteiger partial charge < -0.3 is 25.0 Å². The second-order valence-corrected chi connectivity index (χ2v) is 7.52. The molecule has 2 aromatic rings. The average molecular weight is 442 g/mol. The van der Waals surface area contributed by atoms with Crippen LogP contribution < -0.4 is 25.3 Å². The predicted octanol–water partition coefficient (Wildman–Crippen LogP) is 0.442. The highest BCUT2D eigenvalue weighted by atomic mass is 16.5. The van der Waals surface area contributed by atoms with E-state index < -0.39 is 18.0 Å². The van der Waals surface area contributed by atoms with Crippen LogP contribution in [0.1, 0.15) is 50.6 Å². The van der Waals surface area contributed by atoms with Gasteiger partial charge in [-0.15, -0.1) is 0 Å². The molecule has 174 valence electrons. The molecule has 2 N–H and O–H groups in total. The monoisotopic (exact) mass is 441 g/mol. The number of anilines is 1. The van der Waals surface area contributed by atoms with Crippen LogP contribution in [0.5, 0.6) is 5.88 Å². The zero-order chi connectivity index (χ0) is 23.8. The van der Waals surface area contributed by atoms with Crippen LogP contribution in [-0.4, -0.2) is 58.9 Å². The lowest BCUT2D eigenvalue weighted by molar-refractivity contribution is -0.213. The molecule has 32 heavy (non-hydrogen) atoms. The topological polar surface area (TPSA) is 114 Å². The molecule has 2 heterocycles. The average Bonchev–Trinajstić information content (AvgIpc) is 2.78. The molecule has 8 nitrogen and oxygen atoms in total. The molecule has 0 aliphatic heterocycles. The van der Waals surface area contributed by atoms with E-state index in [1.54, 1.807) is 26.3 Å². The highest BCUT2D eigenvalue weighted by Gasteiger charge is 2.14. The number of nitrogens with zero attached hydrogens (tertiary/aromatic N) is 4. The van der Waals surface area contributed by atoms with E-state index >= 15 is 0 Å². The maximum absolute atomic E-state index is 13.2. The summed E-state index contributed by atoms with van der Waals surface area (Å²) in [6.07, 6.45) is 4.53. The van der Waals surface area contributed by atoms with Gasteiger partial charge in [0.1, 0.15) is 0 Å². The number of pyridine rings is 2. The van der Waals surface area contributed by atoms with Crippen LogP contribution in [0.4, 0.5) is 5.69 Å². The highest BCUT2D eigenvalue weighted by molar-refractivity contribution is 5.97. The first-order valence-electron chi connectivity index (χ1n) is 10.7. The lowest BCUT2D eigenvalue weighted by Crippen LogP contribution is -2.33. The second-order valence-electron chi connectivity index (χ2n) is 7.52. The smallest absolute Gasteiger partial charge is 0.213 e. The molecule has 0 amide bonds. The number of aromatic nitrogens is 2. The van der Waals surface area contributed by atoms with Crippen molar-refractivity contribution in [2.75, 3.05) is 31.7 Å². The third-order valence-corrected chi connectivity index (χ3v) is 5.14. The molecule has 2 aromatic heterocycles. The minimum atomic E-state index is -0.817. The molecule has 2 rings (SSSR count). The number of methoxy groups -OCH3 is 1. The molecule has 0 aliphatic rings. The lowest BCUT2D eigenvalue weighted by Gasteiger charge is -2.27. The van der Waals surface area contributed by atoms with E-state index in [4.69, 9.17) is 4.74 Å². The molecule has 2 atom stereocenters. The van der Waals surface area contributed by atoms with E-state index in [1.807, 2.05) is 50.8 Å². The summed E-state index contributed by atoms with van der Waals surface area (Å²) in [5.41, 5.74) is 2.29. The zero-order valence-corrected chi connectivity index (χ0v) is 19.7. The minimum Gasteiger partial charge on any atom is -0.858 e. The van der Waals surface area contributed by atoms with Crippen molar-refractivity contribution in [1.29, 1.82) is 0 Å². The van der Waals surface area contributed by atoms with E-state index in [2.05, 4.69) is 15.0 Å². The van der Waals surface area contributed by atoms with Crippen molar-refractivity contribution in [2.24, 2.45) is 4.99 Å². The number of rotatable bonds is 9. The fourth-order valence-electron chi connectivity index (χ4n) is 3.44. The lowest BCUT2D eigenvalue weighted by atomic mass is 10.1. The quantitative estimate of drug-likeness (QED) is 0.429. The molecule has 0 saturated carbocycles. The summed E-state index contributed by atoms with van der Waals surface area (Å²) in [6, 6.07) is 3.00. The second kappa shape index (κ2) is 11.6. The van der Waals surface area contributed by atoms with Crippen LogP contribution in [0.2, 0.25) is 0 Å². The molecule has 0 aliphatic carbocycles. The van der Waals surface area contributed by atoms with Crippen molar-refractivity contribution in [3.63, 3.8) is 0 Å². The standard InChI is InChI=1S/C24H34N4O4/c1-7-20-18(15(3)11-23(27-20)32-6)12-16(4)26-24(31)19-13-21(17(5)30)25-14-22(19)28(8-2)9-10-29/h7,11-14,16-17,29-30H,8-10H2,1-6H3,(H,26,31)/p-1/b18-12-,20-7+. The van der Waals surface area contributed by atoms with Gasteiger partial charge in [-0.05, 0) is 52.1 Å².